The van der Waals surface area contributed by atoms with E-state index in [0.29, 0.717) is 18.0 Å². The van der Waals surface area contributed by atoms with Crippen LogP contribution in [0.3, 0.4) is 0 Å². The molecular weight excluding hydrogens is 310 g/mol. The Morgan fingerprint density at radius 1 is 1.08 bits per heavy atom. The molecule has 0 unspecified atom stereocenters. The molecule has 1 aromatic carbocycles. The van der Waals surface area contributed by atoms with Crippen molar-refractivity contribution < 1.29 is 4.79 Å². The molecule has 2 saturated heterocycles. The molecule has 4 heteroatoms. The quantitative estimate of drug-likeness (QED) is 0.888. The van der Waals surface area contributed by atoms with Gasteiger partial charge in [0, 0.05) is 31.7 Å². The Morgan fingerprint density at radius 3 is 2.68 bits per heavy atom. The normalized spacial score (nSPS) is 26.7. The maximum absolute atomic E-state index is 13.0. The van der Waals surface area contributed by atoms with Crippen molar-refractivity contribution in [2.24, 2.45) is 5.92 Å². The molecule has 2 aliphatic heterocycles. The van der Waals surface area contributed by atoms with Gasteiger partial charge in [-0.3, -0.25) is 0 Å². The van der Waals surface area contributed by atoms with Crippen molar-refractivity contribution in [2.45, 2.75) is 63.6 Å². The molecule has 2 amide bonds. The first-order valence-electron chi connectivity index (χ1n) is 10.1. The summed E-state index contributed by atoms with van der Waals surface area (Å²) in [5, 5.41) is 3.37. The molecule has 2 atom stereocenters. The van der Waals surface area contributed by atoms with E-state index < -0.39 is 0 Å². The molecule has 1 N–H and O–H groups in total. The van der Waals surface area contributed by atoms with E-state index in [1.165, 1.54) is 44.2 Å². The first kappa shape index (κ1) is 16.9. The van der Waals surface area contributed by atoms with Crippen LogP contribution in [0.25, 0.3) is 0 Å². The average Bonchev–Trinajstić information content (AvgIpc) is 3.05. The third-order valence-electron chi connectivity index (χ3n) is 6.35. The highest BCUT2D eigenvalue weighted by atomic mass is 16.2. The van der Waals surface area contributed by atoms with Crippen LogP contribution >= 0.6 is 0 Å². The molecule has 0 aromatic heterocycles. The molecule has 136 valence electrons. The molecule has 0 spiro atoms. The highest BCUT2D eigenvalue weighted by Crippen LogP contribution is 2.29. The number of urea groups is 1. The van der Waals surface area contributed by atoms with Crippen LogP contribution in [0.15, 0.2) is 30.3 Å². The first-order valence-corrected chi connectivity index (χ1v) is 10.1. The Labute approximate surface area is 151 Å². The number of piperidine rings is 1. The predicted molar refractivity (Wildman–Crippen MR) is 100 cm³/mol. The summed E-state index contributed by atoms with van der Waals surface area (Å²) in [4.78, 5) is 17.7. The van der Waals surface area contributed by atoms with Gasteiger partial charge in [-0.25, -0.2) is 4.79 Å². The lowest BCUT2D eigenvalue weighted by molar-refractivity contribution is 0.141. The van der Waals surface area contributed by atoms with E-state index >= 15 is 0 Å². The first-order chi connectivity index (χ1) is 12.3. The minimum Gasteiger partial charge on any atom is -0.335 e. The fraction of sp³-hybridized carbons (Fsp3) is 0.667. The summed E-state index contributed by atoms with van der Waals surface area (Å²) < 4.78 is 0. The van der Waals surface area contributed by atoms with E-state index in [1.807, 2.05) is 6.07 Å². The van der Waals surface area contributed by atoms with Crippen molar-refractivity contribution in [3.63, 3.8) is 0 Å². The molecular formula is C21H31N3O. The third-order valence-corrected chi connectivity index (χ3v) is 6.35. The molecule has 4 rings (SSSR count). The lowest BCUT2D eigenvalue weighted by Crippen LogP contribution is -2.51. The van der Waals surface area contributed by atoms with Crippen molar-refractivity contribution in [2.75, 3.05) is 19.6 Å². The van der Waals surface area contributed by atoms with Crippen LogP contribution in [-0.2, 0) is 6.54 Å². The van der Waals surface area contributed by atoms with E-state index in [-0.39, 0.29) is 6.03 Å². The van der Waals surface area contributed by atoms with Crippen LogP contribution in [0.2, 0.25) is 0 Å². The summed E-state index contributed by atoms with van der Waals surface area (Å²) in [6.07, 6.45) is 8.75. The molecule has 25 heavy (non-hydrogen) atoms. The lowest BCUT2D eigenvalue weighted by atomic mass is 9.85. The van der Waals surface area contributed by atoms with Crippen LogP contribution in [0.4, 0.5) is 4.79 Å². The number of carbonyl (C=O) groups is 1. The van der Waals surface area contributed by atoms with E-state index in [1.54, 1.807) is 0 Å². The number of rotatable bonds is 5. The van der Waals surface area contributed by atoms with Crippen LogP contribution in [0.1, 0.15) is 50.5 Å². The van der Waals surface area contributed by atoms with E-state index in [0.717, 1.165) is 32.5 Å². The molecule has 3 fully saturated rings. The average molecular weight is 341 g/mol. The molecule has 2 heterocycles. The van der Waals surface area contributed by atoms with Gasteiger partial charge in [0.15, 0.2) is 0 Å². The van der Waals surface area contributed by atoms with Crippen molar-refractivity contribution >= 4 is 6.03 Å². The highest BCUT2D eigenvalue weighted by molar-refractivity contribution is 5.74. The van der Waals surface area contributed by atoms with Gasteiger partial charge in [-0.1, -0.05) is 36.8 Å². The minimum absolute atomic E-state index is 0.146. The zero-order chi connectivity index (χ0) is 17.1. The van der Waals surface area contributed by atoms with Gasteiger partial charge in [0.05, 0.1) is 0 Å². The van der Waals surface area contributed by atoms with Crippen LogP contribution in [0, 0.1) is 5.92 Å². The van der Waals surface area contributed by atoms with Gasteiger partial charge in [0.2, 0.25) is 0 Å². The smallest absolute Gasteiger partial charge is 0.317 e. The fourth-order valence-electron chi connectivity index (χ4n) is 4.63. The second-order valence-corrected chi connectivity index (χ2v) is 8.17. The van der Waals surface area contributed by atoms with Gasteiger partial charge in [0.25, 0.3) is 0 Å². The Bertz CT molecular complexity index is 572. The zero-order valence-electron chi connectivity index (χ0n) is 15.2. The maximum atomic E-state index is 13.0. The molecule has 1 aromatic rings. The molecule has 3 aliphatic rings. The van der Waals surface area contributed by atoms with Gasteiger partial charge in [0.1, 0.15) is 0 Å². The van der Waals surface area contributed by atoms with Crippen LogP contribution in [0.5, 0.6) is 0 Å². The SMILES string of the molecule is O=C(N[C@@H]1CCN2CCC[C@H]2C1)N(Cc1ccccc1)CC1CCC1. The standard InChI is InChI=1S/C21H31N3O/c25-21(22-19-11-13-23-12-5-10-20(23)14-19)24(16-18-8-4-9-18)15-17-6-2-1-3-7-17/h1-3,6-7,18-20H,4-5,8-16H2,(H,22,25)/t19-,20+/m1/s1. The molecule has 4 nitrogen and oxygen atoms in total. The number of amides is 2. The molecule has 0 radical (unpaired) electrons. The Hall–Kier alpha value is -1.55. The molecule has 1 aliphatic carbocycles. The molecule has 0 bridgehead atoms. The maximum Gasteiger partial charge on any atom is 0.317 e. The zero-order valence-corrected chi connectivity index (χ0v) is 15.2. The Kier molecular flexibility index (Phi) is 5.25. The van der Waals surface area contributed by atoms with E-state index in [2.05, 4.69) is 39.4 Å². The van der Waals surface area contributed by atoms with Crippen LogP contribution in [-0.4, -0.2) is 47.5 Å². The predicted octanol–water partition coefficient (Wildman–Crippen LogP) is 3.63. The number of fused-ring (bicyclic) bond motifs is 1. The fourth-order valence-corrected chi connectivity index (χ4v) is 4.63. The largest absolute Gasteiger partial charge is 0.335 e. The van der Waals surface area contributed by atoms with Crippen molar-refractivity contribution in [3.8, 4) is 0 Å². The minimum atomic E-state index is 0.146. The van der Waals surface area contributed by atoms with E-state index in [9.17, 15) is 4.79 Å². The summed E-state index contributed by atoms with van der Waals surface area (Å²) >= 11 is 0. The van der Waals surface area contributed by atoms with Crippen molar-refractivity contribution in [1.29, 1.82) is 0 Å². The number of benzene rings is 1. The Balaban J connectivity index is 1.36. The number of nitrogens with one attached hydrogen (secondary N) is 1. The number of carbonyl (C=O) groups excluding carboxylic acids is 1. The van der Waals surface area contributed by atoms with E-state index in [4.69, 9.17) is 0 Å². The number of hydrogen-bond acceptors (Lipinski definition) is 2. The van der Waals surface area contributed by atoms with Gasteiger partial charge < -0.3 is 15.1 Å². The van der Waals surface area contributed by atoms with Gasteiger partial charge >= 0.3 is 6.03 Å². The van der Waals surface area contributed by atoms with Crippen molar-refractivity contribution in [3.05, 3.63) is 35.9 Å². The number of hydrogen-bond donors (Lipinski definition) is 1. The summed E-state index contributed by atoms with van der Waals surface area (Å²) in [6, 6.07) is 11.6. The topological polar surface area (TPSA) is 35.6 Å². The van der Waals surface area contributed by atoms with Gasteiger partial charge in [-0.2, -0.15) is 0 Å². The second kappa shape index (κ2) is 7.77. The van der Waals surface area contributed by atoms with Gasteiger partial charge in [-0.15, -0.1) is 0 Å². The Morgan fingerprint density at radius 2 is 1.92 bits per heavy atom. The summed E-state index contributed by atoms with van der Waals surface area (Å²) in [7, 11) is 0. The third kappa shape index (κ3) is 4.17. The molecule has 1 saturated carbocycles. The summed E-state index contributed by atoms with van der Waals surface area (Å²) in [6.45, 7) is 4.04. The summed E-state index contributed by atoms with van der Waals surface area (Å²) in [5.74, 6) is 0.700. The summed E-state index contributed by atoms with van der Waals surface area (Å²) in [5.41, 5.74) is 1.22. The lowest BCUT2D eigenvalue weighted by Gasteiger charge is -2.37. The highest BCUT2D eigenvalue weighted by Gasteiger charge is 2.33. The van der Waals surface area contributed by atoms with Crippen LogP contribution < -0.4 is 5.32 Å². The van der Waals surface area contributed by atoms with Crippen molar-refractivity contribution in [1.82, 2.24) is 15.1 Å². The van der Waals surface area contributed by atoms with Gasteiger partial charge in [-0.05, 0) is 56.6 Å². The second-order valence-electron chi connectivity index (χ2n) is 8.17. The monoisotopic (exact) mass is 341 g/mol. The number of nitrogens with zero attached hydrogens (tertiary/aromatic N) is 2.